The molecule has 0 amide bonds. The molecule has 2 atom stereocenters. The molecule has 1 aliphatic rings. The summed E-state index contributed by atoms with van der Waals surface area (Å²) in [7, 11) is 0. The van der Waals surface area contributed by atoms with Crippen molar-refractivity contribution in [3.63, 3.8) is 0 Å². The minimum atomic E-state index is -0.0330. The minimum Gasteiger partial charge on any atom is -0.462 e. The van der Waals surface area contributed by atoms with Crippen molar-refractivity contribution in [3.05, 3.63) is 0 Å². The van der Waals surface area contributed by atoms with Crippen molar-refractivity contribution >= 4 is 5.97 Å². The number of carbonyl (C=O) groups is 1. The van der Waals surface area contributed by atoms with Crippen LogP contribution in [0.3, 0.4) is 0 Å². The average Bonchev–Trinajstić information content (AvgIpc) is 2.10. The molecule has 52 valence electrons. The van der Waals surface area contributed by atoms with Gasteiger partial charge in [0.25, 0.3) is 0 Å². The summed E-state index contributed by atoms with van der Waals surface area (Å²) in [6.45, 7) is 4.10. The van der Waals surface area contributed by atoms with Crippen LogP contribution in [0.2, 0.25) is 0 Å². The van der Waals surface area contributed by atoms with Gasteiger partial charge < -0.3 is 4.74 Å². The lowest BCUT2D eigenvalue weighted by Gasteiger charge is -2.08. The number of rotatable bonds is 1. The SMILES string of the molecule is CCC1OC(=O)C[C@@H]1C. The molecule has 1 saturated heterocycles. The Morgan fingerprint density at radius 2 is 2.44 bits per heavy atom. The van der Waals surface area contributed by atoms with E-state index in [4.69, 9.17) is 4.74 Å². The van der Waals surface area contributed by atoms with E-state index in [0.717, 1.165) is 6.42 Å². The molecule has 0 bridgehead atoms. The maximum absolute atomic E-state index is 10.6. The first-order chi connectivity index (χ1) is 4.24. The van der Waals surface area contributed by atoms with Gasteiger partial charge in [0.1, 0.15) is 6.10 Å². The van der Waals surface area contributed by atoms with E-state index in [1.54, 1.807) is 0 Å². The van der Waals surface area contributed by atoms with Crippen LogP contribution in [-0.4, -0.2) is 12.1 Å². The zero-order chi connectivity index (χ0) is 6.85. The van der Waals surface area contributed by atoms with Gasteiger partial charge in [0.15, 0.2) is 0 Å². The van der Waals surface area contributed by atoms with E-state index < -0.39 is 0 Å². The second-order valence-corrected chi connectivity index (χ2v) is 2.62. The average molecular weight is 128 g/mol. The Balaban J connectivity index is 2.47. The molecule has 0 aromatic carbocycles. The molecule has 0 spiro atoms. The van der Waals surface area contributed by atoms with E-state index in [0.29, 0.717) is 12.3 Å². The summed E-state index contributed by atoms with van der Waals surface area (Å²) in [5.74, 6) is 0.400. The van der Waals surface area contributed by atoms with Gasteiger partial charge in [-0.2, -0.15) is 0 Å². The highest BCUT2D eigenvalue weighted by Gasteiger charge is 2.29. The molecule has 0 N–H and O–H groups in total. The first-order valence-corrected chi connectivity index (χ1v) is 3.43. The number of cyclic esters (lactones) is 1. The molecule has 0 radical (unpaired) electrons. The molecule has 0 saturated carbocycles. The number of hydrogen-bond acceptors (Lipinski definition) is 2. The van der Waals surface area contributed by atoms with Gasteiger partial charge >= 0.3 is 5.97 Å². The highest BCUT2D eigenvalue weighted by atomic mass is 16.5. The molecular formula is C7H12O2. The Labute approximate surface area is 55.2 Å². The molecule has 2 nitrogen and oxygen atoms in total. The van der Waals surface area contributed by atoms with Gasteiger partial charge in [0, 0.05) is 5.92 Å². The Morgan fingerprint density at radius 1 is 1.78 bits per heavy atom. The number of ether oxygens (including phenoxy) is 1. The van der Waals surface area contributed by atoms with Crippen LogP contribution in [0.15, 0.2) is 0 Å². The molecule has 1 heterocycles. The molecular weight excluding hydrogens is 116 g/mol. The Morgan fingerprint density at radius 3 is 2.67 bits per heavy atom. The van der Waals surface area contributed by atoms with Crippen LogP contribution < -0.4 is 0 Å². The quantitative estimate of drug-likeness (QED) is 0.498. The van der Waals surface area contributed by atoms with Gasteiger partial charge in [-0.25, -0.2) is 0 Å². The minimum absolute atomic E-state index is 0.0330. The van der Waals surface area contributed by atoms with Crippen molar-refractivity contribution < 1.29 is 9.53 Å². The summed E-state index contributed by atoms with van der Waals surface area (Å²) in [5, 5.41) is 0. The van der Waals surface area contributed by atoms with Crippen molar-refractivity contribution in [1.82, 2.24) is 0 Å². The Hall–Kier alpha value is -0.530. The lowest BCUT2D eigenvalue weighted by Crippen LogP contribution is -2.10. The first-order valence-electron chi connectivity index (χ1n) is 3.43. The second kappa shape index (κ2) is 2.38. The molecule has 1 aliphatic heterocycles. The van der Waals surface area contributed by atoms with E-state index >= 15 is 0 Å². The third-order valence-electron chi connectivity index (χ3n) is 1.81. The van der Waals surface area contributed by atoms with Gasteiger partial charge in [-0.3, -0.25) is 4.79 Å². The van der Waals surface area contributed by atoms with Crippen LogP contribution in [-0.2, 0) is 9.53 Å². The molecule has 1 fully saturated rings. The molecule has 2 heteroatoms. The van der Waals surface area contributed by atoms with Crippen LogP contribution in [0.4, 0.5) is 0 Å². The third-order valence-corrected chi connectivity index (χ3v) is 1.81. The highest BCUT2D eigenvalue weighted by Crippen LogP contribution is 2.23. The molecule has 9 heavy (non-hydrogen) atoms. The van der Waals surface area contributed by atoms with Crippen molar-refractivity contribution in [2.24, 2.45) is 5.92 Å². The molecule has 0 aromatic heterocycles. The topological polar surface area (TPSA) is 26.3 Å². The summed E-state index contributed by atoms with van der Waals surface area (Å²) < 4.78 is 4.98. The van der Waals surface area contributed by atoms with Gasteiger partial charge in [-0.05, 0) is 6.42 Å². The zero-order valence-corrected chi connectivity index (χ0v) is 5.89. The summed E-state index contributed by atoms with van der Waals surface area (Å²) in [4.78, 5) is 10.6. The summed E-state index contributed by atoms with van der Waals surface area (Å²) in [6, 6.07) is 0. The van der Waals surface area contributed by atoms with Crippen LogP contribution in [0.1, 0.15) is 26.7 Å². The third kappa shape index (κ3) is 1.23. The predicted molar refractivity (Wildman–Crippen MR) is 34.0 cm³/mol. The molecule has 0 aromatic rings. The van der Waals surface area contributed by atoms with Crippen LogP contribution in [0.5, 0.6) is 0 Å². The molecule has 0 aliphatic carbocycles. The van der Waals surface area contributed by atoms with Crippen LogP contribution in [0.25, 0.3) is 0 Å². The van der Waals surface area contributed by atoms with Crippen LogP contribution >= 0.6 is 0 Å². The predicted octanol–water partition coefficient (Wildman–Crippen LogP) is 1.35. The molecule has 1 unspecified atom stereocenters. The lowest BCUT2D eigenvalue weighted by molar-refractivity contribution is -0.141. The fourth-order valence-electron chi connectivity index (χ4n) is 1.21. The zero-order valence-electron chi connectivity index (χ0n) is 5.89. The largest absolute Gasteiger partial charge is 0.462 e. The standard InChI is InChI=1S/C7H12O2/c1-3-6-5(2)4-7(8)9-6/h5-6H,3-4H2,1-2H3/t5-,6?/m0/s1. The number of carbonyl (C=O) groups excluding carboxylic acids is 1. The smallest absolute Gasteiger partial charge is 0.306 e. The fourth-order valence-corrected chi connectivity index (χ4v) is 1.21. The summed E-state index contributed by atoms with van der Waals surface area (Å²) in [5.41, 5.74) is 0. The fraction of sp³-hybridized carbons (Fsp3) is 0.857. The van der Waals surface area contributed by atoms with Crippen LogP contribution in [0, 0.1) is 5.92 Å². The van der Waals surface area contributed by atoms with Gasteiger partial charge in [0.2, 0.25) is 0 Å². The number of esters is 1. The normalized spacial score (nSPS) is 34.7. The van der Waals surface area contributed by atoms with E-state index in [1.165, 1.54) is 0 Å². The molecule has 1 rings (SSSR count). The highest BCUT2D eigenvalue weighted by molar-refractivity contribution is 5.71. The van der Waals surface area contributed by atoms with Gasteiger partial charge in [-0.1, -0.05) is 13.8 Å². The maximum Gasteiger partial charge on any atom is 0.306 e. The van der Waals surface area contributed by atoms with Crippen molar-refractivity contribution in [1.29, 1.82) is 0 Å². The van der Waals surface area contributed by atoms with Crippen molar-refractivity contribution in [2.75, 3.05) is 0 Å². The van der Waals surface area contributed by atoms with E-state index in [-0.39, 0.29) is 12.1 Å². The lowest BCUT2D eigenvalue weighted by atomic mass is 10.0. The Kier molecular flexibility index (Phi) is 1.74. The summed E-state index contributed by atoms with van der Waals surface area (Å²) >= 11 is 0. The van der Waals surface area contributed by atoms with Gasteiger partial charge in [-0.15, -0.1) is 0 Å². The monoisotopic (exact) mass is 128 g/mol. The van der Waals surface area contributed by atoms with E-state index in [1.807, 2.05) is 6.92 Å². The summed E-state index contributed by atoms with van der Waals surface area (Å²) in [6.07, 6.45) is 1.75. The second-order valence-electron chi connectivity index (χ2n) is 2.62. The van der Waals surface area contributed by atoms with Crippen molar-refractivity contribution in [2.45, 2.75) is 32.8 Å². The van der Waals surface area contributed by atoms with Gasteiger partial charge in [0.05, 0.1) is 6.42 Å². The van der Waals surface area contributed by atoms with Crippen molar-refractivity contribution in [3.8, 4) is 0 Å². The number of hydrogen-bond donors (Lipinski definition) is 0. The first kappa shape index (κ1) is 6.59. The van der Waals surface area contributed by atoms with E-state index in [9.17, 15) is 4.79 Å². The Bertz CT molecular complexity index is 120. The van der Waals surface area contributed by atoms with E-state index in [2.05, 4.69) is 6.92 Å². The maximum atomic E-state index is 10.6.